The van der Waals surface area contributed by atoms with E-state index in [0.29, 0.717) is 11.3 Å². The molecule has 0 unspecified atom stereocenters. The van der Waals surface area contributed by atoms with Crippen LogP contribution in [0.25, 0.3) is 0 Å². The standard InChI is InChI=1S/C11H9N3O3/c1-13-7-12-6-10(13)11(15)8-2-4-9(5-3-8)14(16)17/h2-7H,1H3. The van der Waals surface area contributed by atoms with E-state index in [-0.39, 0.29) is 11.5 Å². The fraction of sp³-hybridized carbons (Fsp3) is 0.0909. The summed E-state index contributed by atoms with van der Waals surface area (Å²) in [5.74, 6) is -0.208. The van der Waals surface area contributed by atoms with Crippen LogP contribution in [0.1, 0.15) is 16.1 Å². The third-order valence-corrected chi connectivity index (χ3v) is 2.39. The largest absolute Gasteiger partial charge is 0.331 e. The van der Waals surface area contributed by atoms with E-state index in [1.165, 1.54) is 36.8 Å². The summed E-state index contributed by atoms with van der Waals surface area (Å²) in [7, 11) is 1.71. The van der Waals surface area contributed by atoms with Crippen LogP contribution >= 0.6 is 0 Å². The molecule has 0 bridgehead atoms. The second kappa shape index (κ2) is 4.17. The highest BCUT2D eigenvalue weighted by Gasteiger charge is 2.13. The van der Waals surface area contributed by atoms with Gasteiger partial charge in [0.05, 0.1) is 17.4 Å². The number of nitrogens with zero attached hydrogens (tertiary/aromatic N) is 3. The quantitative estimate of drug-likeness (QED) is 0.456. The van der Waals surface area contributed by atoms with E-state index in [1.54, 1.807) is 11.6 Å². The number of nitro benzene ring substituents is 1. The van der Waals surface area contributed by atoms with Gasteiger partial charge in [0.25, 0.3) is 5.69 Å². The maximum Gasteiger partial charge on any atom is 0.269 e. The molecule has 2 rings (SSSR count). The highest BCUT2D eigenvalue weighted by molar-refractivity contribution is 6.07. The van der Waals surface area contributed by atoms with E-state index in [1.807, 2.05) is 0 Å². The molecule has 0 aliphatic heterocycles. The minimum atomic E-state index is -0.502. The maximum atomic E-state index is 12.0. The van der Waals surface area contributed by atoms with E-state index in [4.69, 9.17) is 0 Å². The Hall–Kier alpha value is -2.50. The molecule has 86 valence electrons. The van der Waals surface area contributed by atoms with Gasteiger partial charge in [0.15, 0.2) is 0 Å². The lowest BCUT2D eigenvalue weighted by atomic mass is 10.1. The summed E-state index contributed by atoms with van der Waals surface area (Å²) in [6.45, 7) is 0. The second-order valence-corrected chi connectivity index (χ2v) is 3.52. The Morgan fingerprint density at radius 2 is 2.00 bits per heavy atom. The fourth-order valence-corrected chi connectivity index (χ4v) is 1.46. The van der Waals surface area contributed by atoms with Gasteiger partial charge in [-0.3, -0.25) is 14.9 Å². The molecule has 1 aromatic heterocycles. The van der Waals surface area contributed by atoms with E-state index >= 15 is 0 Å². The van der Waals surface area contributed by atoms with Crippen LogP contribution in [-0.4, -0.2) is 20.3 Å². The monoisotopic (exact) mass is 231 g/mol. The van der Waals surface area contributed by atoms with Gasteiger partial charge < -0.3 is 4.57 Å². The maximum absolute atomic E-state index is 12.0. The Balaban J connectivity index is 2.33. The predicted octanol–water partition coefficient (Wildman–Crippen LogP) is 1.56. The average molecular weight is 231 g/mol. The zero-order valence-electron chi connectivity index (χ0n) is 9.03. The van der Waals surface area contributed by atoms with E-state index < -0.39 is 4.92 Å². The SMILES string of the molecule is Cn1cncc1C(=O)c1ccc([N+](=O)[O-])cc1. The van der Waals surface area contributed by atoms with Gasteiger partial charge in [0.2, 0.25) is 5.78 Å². The van der Waals surface area contributed by atoms with Gasteiger partial charge in [-0.25, -0.2) is 4.98 Å². The number of benzene rings is 1. The highest BCUT2D eigenvalue weighted by atomic mass is 16.6. The van der Waals surface area contributed by atoms with Gasteiger partial charge in [-0.1, -0.05) is 0 Å². The Morgan fingerprint density at radius 3 is 2.47 bits per heavy atom. The second-order valence-electron chi connectivity index (χ2n) is 3.52. The first-order valence-electron chi connectivity index (χ1n) is 4.85. The third-order valence-electron chi connectivity index (χ3n) is 2.39. The number of aryl methyl sites for hydroxylation is 1. The molecule has 0 N–H and O–H groups in total. The van der Waals surface area contributed by atoms with E-state index in [2.05, 4.69) is 4.98 Å². The summed E-state index contributed by atoms with van der Waals surface area (Å²) in [5, 5.41) is 10.5. The molecular formula is C11H9N3O3. The molecular weight excluding hydrogens is 222 g/mol. The van der Waals surface area contributed by atoms with E-state index in [9.17, 15) is 14.9 Å². The van der Waals surface area contributed by atoms with Crippen molar-refractivity contribution in [2.75, 3.05) is 0 Å². The smallest absolute Gasteiger partial charge is 0.269 e. The Bertz CT molecular complexity index is 572. The Labute approximate surface area is 96.7 Å². The van der Waals surface area contributed by atoms with Crippen LogP contribution in [0.15, 0.2) is 36.8 Å². The first kappa shape index (κ1) is 11.0. The molecule has 0 aliphatic rings. The molecule has 2 aromatic rings. The zero-order valence-corrected chi connectivity index (χ0v) is 9.03. The van der Waals surface area contributed by atoms with Crippen molar-refractivity contribution in [1.29, 1.82) is 0 Å². The molecule has 0 amide bonds. The fourth-order valence-electron chi connectivity index (χ4n) is 1.46. The van der Waals surface area contributed by atoms with Crippen molar-refractivity contribution in [1.82, 2.24) is 9.55 Å². The Kier molecular flexibility index (Phi) is 2.70. The number of aromatic nitrogens is 2. The lowest BCUT2D eigenvalue weighted by molar-refractivity contribution is -0.384. The number of carbonyl (C=O) groups excluding carboxylic acids is 1. The van der Waals surface area contributed by atoms with Crippen LogP contribution in [0, 0.1) is 10.1 Å². The molecule has 0 radical (unpaired) electrons. The van der Waals surface area contributed by atoms with Crippen molar-refractivity contribution < 1.29 is 9.72 Å². The summed E-state index contributed by atoms with van der Waals surface area (Å²) in [5.41, 5.74) is 0.810. The summed E-state index contributed by atoms with van der Waals surface area (Å²) < 4.78 is 1.60. The lowest BCUT2D eigenvalue weighted by Gasteiger charge is -2.01. The van der Waals surface area contributed by atoms with Crippen LogP contribution < -0.4 is 0 Å². The van der Waals surface area contributed by atoms with Crippen LogP contribution in [-0.2, 0) is 7.05 Å². The average Bonchev–Trinajstić information content (AvgIpc) is 2.74. The van der Waals surface area contributed by atoms with Gasteiger partial charge in [-0.2, -0.15) is 0 Å². The summed E-state index contributed by atoms with van der Waals surface area (Å²) in [6.07, 6.45) is 2.99. The molecule has 0 aliphatic carbocycles. The number of ketones is 1. The Morgan fingerprint density at radius 1 is 1.35 bits per heavy atom. The van der Waals surface area contributed by atoms with Crippen LogP contribution in [0.4, 0.5) is 5.69 Å². The van der Waals surface area contributed by atoms with Crippen molar-refractivity contribution in [3.63, 3.8) is 0 Å². The molecule has 6 heteroatoms. The number of rotatable bonds is 3. The lowest BCUT2D eigenvalue weighted by Crippen LogP contribution is -2.06. The molecule has 0 saturated heterocycles. The van der Waals surface area contributed by atoms with Crippen molar-refractivity contribution in [2.24, 2.45) is 7.05 Å². The number of non-ortho nitro benzene ring substituents is 1. The topological polar surface area (TPSA) is 78.0 Å². The number of carbonyl (C=O) groups is 1. The normalized spacial score (nSPS) is 10.2. The molecule has 0 atom stereocenters. The third kappa shape index (κ3) is 2.05. The van der Waals surface area contributed by atoms with Gasteiger partial charge >= 0.3 is 0 Å². The number of hydrogen-bond acceptors (Lipinski definition) is 4. The molecule has 0 spiro atoms. The molecule has 17 heavy (non-hydrogen) atoms. The number of imidazole rings is 1. The predicted molar refractivity (Wildman–Crippen MR) is 59.7 cm³/mol. The van der Waals surface area contributed by atoms with Gasteiger partial charge in [-0.15, -0.1) is 0 Å². The van der Waals surface area contributed by atoms with Crippen molar-refractivity contribution in [3.05, 3.63) is 58.2 Å². The van der Waals surface area contributed by atoms with Gasteiger partial charge in [0, 0.05) is 24.7 Å². The van der Waals surface area contributed by atoms with Crippen molar-refractivity contribution in [3.8, 4) is 0 Å². The van der Waals surface area contributed by atoms with E-state index in [0.717, 1.165) is 0 Å². The first-order valence-corrected chi connectivity index (χ1v) is 4.85. The zero-order chi connectivity index (χ0) is 12.4. The van der Waals surface area contributed by atoms with Crippen LogP contribution in [0.3, 0.4) is 0 Å². The molecule has 1 heterocycles. The number of nitro groups is 1. The highest BCUT2D eigenvalue weighted by Crippen LogP contribution is 2.14. The first-order chi connectivity index (χ1) is 8.09. The molecule has 1 aromatic carbocycles. The minimum absolute atomic E-state index is 0.0356. The van der Waals surface area contributed by atoms with Crippen molar-refractivity contribution >= 4 is 11.5 Å². The molecule has 0 fully saturated rings. The minimum Gasteiger partial charge on any atom is -0.331 e. The molecule has 6 nitrogen and oxygen atoms in total. The number of hydrogen-bond donors (Lipinski definition) is 0. The van der Waals surface area contributed by atoms with Crippen molar-refractivity contribution in [2.45, 2.75) is 0 Å². The summed E-state index contributed by atoms with van der Waals surface area (Å²) in [4.78, 5) is 25.8. The van der Waals surface area contributed by atoms with Gasteiger partial charge in [-0.05, 0) is 12.1 Å². The van der Waals surface area contributed by atoms with Crippen LogP contribution in [0.2, 0.25) is 0 Å². The molecule has 0 saturated carbocycles. The van der Waals surface area contributed by atoms with Gasteiger partial charge in [0.1, 0.15) is 5.69 Å². The summed E-state index contributed by atoms with van der Waals surface area (Å²) in [6, 6.07) is 5.49. The summed E-state index contributed by atoms with van der Waals surface area (Å²) >= 11 is 0. The van der Waals surface area contributed by atoms with Crippen LogP contribution in [0.5, 0.6) is 0 Å².